The Kier molecular flexibility index (Phi) is 1.87. The van der Waals surface area contributed by atoms with E-state index in [4.69, 9.17) is 11.6 Å². The van der Waals surface area contributed by atoms with Crippen LogP contribution in [0, 0.1) is 0 Å². The summed E-state index contributed by atoms with van der Waals surface area (Å²) >= 11 is 9.27. The Hall–Kier alpha value is 0.0500. The number of hydrogen-bond donors (Lipinski definition) is 1. The Morgan fingerprint density at radius 3 is 2.78 bits per heavy atom. The van der Waals surface area contributed by atoms with Gasteiger partial charge < -0.3 is 5.32 Å². The zero-order valence-corrected chi connectivity index (χ0v) is 7.33. The third-order valence-electron chi connectivity index (χ3n) is 1.14. The molecule has 0 saturated heterocycles. The fourth-order valence-electron chi connectivity index (χ4n) is 0.563. The van der Waals surface area contributed by atoms with Crippen LogP contribution in [-0.4, -0.2) is 5.00 Å². The molecule has 0 radical (unpaired) electrons. The molecule has 1 rings (SSSR count). The second-order valence-electron chi connectivity index (χ2n) is 2.02. The van der Waals surface area contributed by atoms with Crippen LogP contribution in [0.4, 0.5) is 0 Å². The second-order valence-corrected chi connectivity index (χ2v) is 3.63. The molecular formula is C6H7BrClN. The quantitative estimate of drug-likeness (QED) is 0.476. The molecule has 1 nitrogen and oxygen atoms in total. The lowest BCUT2D eigenvalue weighted by Gasteiger charge is -2.24. The van der Waals surface area contributed by atoms with Crippen molar-refractivity contribution in [2.45, 2.75) is 11.9 Å². The Balaban J connectivity index is 2.83. The predicted molar refractivity (Wildman–Crippen MR) is 43.5 cm³/mol. The average Bonchev–Trinajstić information content (AvgIpc) is 1.77. The monoisotopic (exact) mass is 207 g/mol. The highest BCUT2D eigenvalue weighted by Gasteiger charge is 2.23. The Bertz CT molecular complexity index is 172. The van der Waals surface area contributed by atoms with Crippen molar-refractivity contribution in [2.24, 2.45) is 0 Å². The van der Waals surface area contributed by atoms with Crippen LogP contribution in [0.15, 0.2) is 22.8 Å². The van der Waals surface area contributed by atoms with Gasteiger partial charge in [-0.2, -0.15) is 0 Å². The second kappa shape index (κ2) is 2.35. The van der Waals surface area contributed by atoms with E-state index in [1.54, 1.807) is 0 Å². The third-order valence-corrected chi connectivity index (χ3v) is 2.74. The van der Waals surface area contributed by atoms with Gasteiger partial charge in [-0.1, -0.05) is 27.5 Å². The first kappa shape index (κ1) is 7.16. The molecule has 0 fully saturated rings. The van der Waals surface area contributed by atoms with E-state index in [-0.39, 0.29) is 0 Å². The van der Waals surface area contributed by atoms with E-state index in [2.05, 4.69) is 21.2 Å². The molecule has 0 spiro atoms. The maximum Gasteiger partial charge on any atom is 0.141 e. The van der Waals surface area contributed by atoms with E-state index >= 15 is 0 Å². The van der Waals surface area contributed by atoms with E-state index in [9.17, 15) is 0 Å². The molecule has 50 valence electrons. The maximum absolute atomic E-state index is 5.94. The summed E-state index contributed by atoms with van der Waals surface area (Å²) < 4.78 is 0.958. The fourth-order valence-corrected chi connectivity index (χ4v) is 0.956. The first-order valence-electron chi connectivity index (χ1n) is 2.62. The molecule has 0 saturated carbocycles. The van der Waals surface area contributed by atoms with Gasteiger partial charge in [-0.15, -0.1) is 0 Å². The molecule has 0 aliphatic carbocycles. The molecule has 1 unspecified atom stereocenters. The van der Waals surface area contributed by atoms with Crippen LogP contribution in [-0.2, 0) is 0 Å². The molecule has 3 heteroatoms. The van der Waals surface area contributed by atoms with E-state index in [0.29, 0.717) is 0 Å². The molecule has 1 aliphatic rings. The Morgan fingerprint density at radius 2 is 2.44 bits per heavy atom. The largest absolute Gasteiger partial charge is 0.369 e. The topological polar surface area (TPSA) is 12.0 Å². The molecule has 0 amide bonds. The summed E-state index contributed by atoms with van der Waals surface area (Å²) in [6.45, 7) is 1.89. The van der Waals surface area contributed by atoms with Gasteiger partial charge >= 0.3 is 0 Å². The van der Waals surface area contributed by atoms with Crippen molar-refractivity contribution >= 4 is 27.5 Å². The number of nitrogens with one attached hydrogen (secondary N) is 1. The number of dihydropyridines is 1. The molecule has 1 N–H and O–H groups in total. The van der Waals surface area contributed by atoms with Crippen LogP contribution < -0.4 is 5.32 Å². The van der Waals surface area contributed by atoms with Gasteiger partial charge in [0.25, 0.3) is 0 Å². The van der Waals surface area contributed by atoms with Gasteiger partial charge in [0.15, 0.2) is 0 Å². The number of rotatable bonds is 0. The molecule has 1 heterocycles. The van der Waals surface area contributed by atoms with Crippen molar-refractivity contribution in [3.63, 3.8) is 0 Å². The number of allylic oxidation sites excluding steroid dienone is 2. The lowest BCUT2D eigenvalue weighted by atomic mass is 10.2. The van der Waals surface area contributed by atoms with Crippen molar-refractivity contribution < 1.29 is 0 Å². The van der Waals surface area contributed by atoms with Crippen LogP contribution in [0.5, 0.6) is 0 Å². The summed E-state index contributed by atoms with van der Waals surface area (Å²) in [4.78, 5) is -0.450. The SMILES string of the molecule is CC1(Cl)NC=CC=C1Br. The molecule has 9 heavy (non-hydrogen) atoms. The number of alkyl halides is 1. The third kappa shape index (κ3) is 1.49. The molecule has 0 aromatic rings. The van der Waals surface area contributed by atoms with Crippen molar-refractivity contribution in [3.05, 3.63) is 22.8 Å². The molecule has 0 bridgehead atoms. The van der Waals surface area contributed by atoms with Crippen LogP contribution in [0.2, 0.25) is 0 Å². The molecule has 1 aliphatic heterocycles. The Morgan fingerprint density at radius 1 is 1.78 bits per heavy atom. The Labute approximate surface area is 67.9 Å². The summed E-state index contributed by atoms with van der Waals surface area (Å²) in [5.74, 6) is 0. The fraction of sp³-hybridized carbons (Fsp3) is 0.333. The summed E-state index contributed by atoms with van der Waals surface area (Å²) in [6.07, 6.45) is 5.63. The summed E-state index contributed by atoms with van der Waals surface area (Å²) in [6, 6.07) is 0. The minimum atomic E-state index is -0.450. The molecular weight excluding hydrogens is 201 g/mol. The lowest BCUT2D eigenvalue weighted by molar-refractivity contribution is 0.678. The van der Waals surface area contributed by atoms with Crippen LogP contribution in [0.1, 0.15) is 6.92 Å². The normalized spacial score (nSPS) is 33.4. The van der Waals surface area contributed by atoms with Crippen LogP contribution >= 0.6 is 27.5 Å². The van der Waals surface area contributed by atoms with Gasteiger partial charge in [-0.05, 0) is 25.3 Å². The van der Waals surface area contributed by atoms with Gasteiger partial charge in [-0.25, -0.2) is 0 Å². The van der Waals surface area contributed by atoms with Crippen molar-refractivity contribution in [1.82, 2.24) is 5.32 Å². The lowest BCUT2D eigenvalue weighted by Crippen LogP contribution is -2.34. The van der Waals surface area contributed by atoms with E-state index in [1.807, 2.05) is 25.3 Å². The molecule has 1 atom stereocenters. The molecule has 0 aromatic heterocycles. The van der Waals surface area contributed by atoms with Gasteiger partial charge in [0.2, 0.25) is 0 Å². The van der Waals surface area contributed by atoms with Crippen LogP contribution in [0.3, 0.4) is 0 Å². The van der Waals surface area contributed by atoms with Gasteiger partial charge in [0.1, 0.15) is 5.00 Å². The number of halogens is 2. The molecule has 0 aromatic carbocycles. The van der Waals surface area contributed by atoms with Crippen molar-refractivity contribution in [2.75, 3.05) is 0 Å². The van der Waals surface area contributed by atoms with E-state index in [0.717, 1.165) is 4.48 Å². The summed E-state index contributed by atoms with van der Waals surface area (Å²) in [7, 11) is 0. The van der Waals surface area contributed by atoms with E-state index in [1.165, 1.54) is 0 Å². The van der Waals surface area contributed by atoms with E-state index < -0.39 is 5.00 Å². The maximum atomic E-state index is 5.94. The van der Waals surface area contributed by atoms with Crippen molar-refractivity contribution in [3.8, 4) is 0 Å². The zero-order valence-electron chi connectivity index (χ0n) is 4.99. The zero-order chi connectivity index (χ0) is 6.91. The summed E-state index contributed by atoms with van der Waals surface area (Å²) in [5.41, 5.74) is 0. The highest BCUT2D eigenvalue weighted by molar-refractivity contribution is 9.11. The predicted octanol–water partition coefficient (Wildman–Crippen LogP) is 2.34. The van der Waals surface area contributed by atoms with Crippen molar-refractivity contribution in [1.29, 1.82) is 0 Å². The average molecular weight is 208 g/mol. The highest BCUT2D eigenvalue weighted by atomic mass is 79.9. The summed E-state index contributed by atoms with van der Waals surface area (Å²) in [5, 5.41) is 2.98. The number of hydrogen-bond acceptors (Lipinski definition) is 1. The first-order valence-corrected chi connectivity index (χ1v) is 3.79. The highest BCUT2D eigenvalue weighted by Crippen LogP contribution is 2.28. The van der Waals surface area contributed by atoms with Gasteiger partial charge in [-0.3, -0.25) is 0 Å². The minimum absolute atomic E-state index is 0.450. The minimum Gasteiger partial charge on any atom is -0.369 e. The standard InChI is InChI=1S/C6H7BrClN/c1-6(8)5(7)3-2-4-9-6/h2-4,9H,1H3. The van der Waals surface area contributed by atoms with Gasteiger partial charge in [0.05, 0.1) is 0 Å². The van der Waals surface area contributed by atoms with Crippen LogP contribution in [0.25, 0.3) is 0 Å². The first-order chi connectivity index (χ1) is 4.13. The smallest absolute Gasteiger partial charge is 0.141 e. The van der Waals surface area contributed by atoms with Gasteiger partial charge in [0, 0.05) is 4.48 Å².